The summed E-state index contributed by atoms with van der Waals surface area (Å²) in [4.78, 5) is 23.6. The fourth-order valence-electron chi connectivity index (χ4n) is 9.63. The molecule has 2 aliphatic rings. The van der Waals surface area contributed by atoms with Crippen LogP contribution in [-0.4, -0.2) is 83.5 Å². The molecule has 0 spiro atoms. The summed E-state index contributed by atoms with van der Waals surface area (Å²) in [6.07, 6.45) is 21.5. The van der Waals surface area contributed by atoms with Gasteiger partial charge in [-0.3, -0.25) is 9.97 Å². The van der Waals surface area contributed by atoms with Gasteiger partial charge in [-0.15, -0.1) is 0 Å². The monoisotopic (exact) mass is 883 g/mol. The van der Waals surface area contributed by atoms with Gasteiger partial charge < -0.3 is 20.2 Å². The van der Waals surface area contributed by atoms with Gasteiger partial charge in [0.05, 0.1) is 30.0 Å². The van der Waals surface area contributed by atoms with Crippen LogP contribution in [0.25, 0.3) is 77.6 Å². The molecule has 12 heteroatoms. The van der Waals surface area contributed by atoms with Gasteiger partial charge >= 0.3 is 0 Å². The predicted octanol–water partition coefficient (Wildman–Crippen LogP) is 10.1. The van der Waals surface area contributed by atoms with Crippen LogP contribution in [0.4, 0.5) is 11.4 Å². The molecule has 0 bridgehead atoms. The Morgan fingerprint density at radius 1 is 0.507 bits per heavy atom. The maximum atomic E-state index is 9.44. The first kappa shape index (κ1) is 42.1. The third-order valence-electron chi connectivity index (χ3n) is 13.2. The number of nitrogens with zero attached hydrogens (tertiary/aromatic N) is 10. The molecule has 0 unspecified atom stereocenters. The van der Waals surface area contributed by atoms with E-state index < -0.39 is 0 Å². The number of nitrogens with one attached hydrogen (secondary N) is 1. The van der Waals surface area contributed by atoms with Crippen molar-refractivity contribution in [3.63, 3.8) is 0 Å². The SMILES string of the molecule is CCCc1ccc2c(-c3cnn4cc(-c5ccc(N6CCNCC6)cc5)cnc34)ccnc2c1.OCc1ccc2c(-c3cnn4cc(-c5ccc(N6CCCCC6)cc5)cnc34)ccnc2c1. The molecular weight excluding hydrogens is 831 g/mol. The topological polar surface area (TPSA) is 125 Å². The molecule has 10 aromatic rings. The number of hydrogen-bond acceptors (Lipinski definition) is 10. The van der Waals surface area contributed by atoms with E-state index in [9.17, 15) is 5.11 Å². The van der Waals surface area contributed by atoms with Crippen molar-refractivity contribution >= 4 is 44.5 Å². The molecule has 0 saturated carbocycles. The van der Waals surface area contributed by atoms with Crippen molar-refractivity contribution in [3.05, 3.63) is 158 Å². The van der Waals surface area contributed by atoms with E-state index in [-0.39, 0.29) is 6.61 Å². The number of aliphatic hydroxyl groups is 1. The van der Waals surface area contributed by atoms with Gasteiger partial charge in [-0.05, 0) is 108 Å². The third kappa shape index (κ3) is 8.57. The summed E-state index contributed by atoms with van der Waals surface area (Å²) in [6, 6.07) is 34.0. The maximum absolute atomic E-state index is 9.44. The Labute approximate surface area is 389 Å². The van der Waals surface area contributed by atoms with Crippen LogP contribution in [0, 0.1) is 0 Å². The van der Waals surface area contributed by atoms with Crippen molar-refractivity contribution in [1.29, 1.82) is 0 Å². The summed E-state index contributed by atoms with van der Waals surface area (Å²) in [6.45, 7) is 8.67. The zero-order valence-corrected chi connectivity index (χ0v) is 37.8. The first-order valence-corrected chi connectivity index (χ1v) is 23.6. The average molecular weight is 884 g/mol. The molecule has 0 atom stereocenters. The van der Waals surface area contributed by atoms with Crippen molar-refractivity contribution in [1.82, 2.24) is 44.5 Å². The van der Waals surface area contributed by atoms with Crippen LogP contribution in [0.15, 0.2) is 147 Å². The number of benzene rings is 4. The van der Waals surface area contributed by atoms with Crippen molar-refractivity contribution in [2.45, 2.75) is 45.6 Å². The minimum Gasteiger partial charge on any atom is -0.392 e. The summed E-state index contributed by atoms with van der Waals surface area (Å²) >= 11 is 0. The lowest BCUT2D eigenvalue weighted by Gasteiger charge is -2.29. The van der Waals surface area contributed by atoms with E-state index in [0.717, 1.165) is 135 Å². The predicted molar refractivity (Wildman–Crippen MR) is 269 cm³/mol. The van der Waals surface area contributed by atoms with Crippen LogP contribution in [0.1, 0.15) is 43.7 Å². The second kappa shape index (κ2) is 18.7. The Morgan fingerprint density at radius 2 is 1.01 bits per heavy atom. The molecule has 6 aromatic heterocycles. The van der Waals surface area contributed by atoms with Crippen LogP contribution in [-0.2, 0) is 13.0 Å². The molecule has 67 heavy (non-hydrogen) atoms. The number of aryl methyl sites for hydroxylation is 1. The largest absolute Gasteiger partial charge is 0.392 e. The quantitative estimate of drug-likeness (QED) is 0.145. The summed E-state index contributed by atoms with van der Waals surface area (Å²) in [5.74, 6) is 0. The summed E-state index contributed by atoms with van der Waals surface area (Å²) < 4.78 is 3.73. The van der Waals surface area contributed by atoms with Gasteiger partial charge in [-0.25, -0.2) is 19.0 Å². The minimum absolute atomic E-state index is 0.00189. The van der Waals surface area contributed by atoms with Crippen LogP contribution in [0.3, 0.4) is 0 Å². The van der Waals surface area contributed by atoms with Gasteiger partial charge in [0.1, 0.15) is 0 Å². The van der Waals surface area contributed by atoms with Gasteiger partial charge in [-0.2, -0.15) is 10.2 Å². The van der Waals surface area contributed by atoms with E-state index in [1.807, 2.05) is 70.5 Å². The maximum Gasteiger partial charge on any atom is 0.162 e. The Hall–Kier alpha value is -7.54. The Morgan fingerprint density at radius 3 is 1.54 bits per heavy atom. The van der Waals surface area contributed by atoms with Gasteiger partial charge in [0.25, 0.3) is 0 Å². The number of piperazine rings is 1. The molecule has 0 aliphatic carbocycles. The van der Waals surface area contributed by atoms with E-state index in [1.54, 1.807) is 6.20 Å². The highest BCUT2D eigenvalue weighted by atomic mass is 16.3. The normalized spacial score (nSPS) is 14.2. The number of pyridine rings is 2. The summed E-state index contributed by atoms with van der Waals surface area (Å²) in [7, 11) is 0. The fraction of sp³-hybridized carbons (Fsp3) is 0.236. The number of aromatic nitrogens is 8. The molecule has 4 aromatic carbocycles. The Kier molecular flexibility index (Phi) is 11.8. The van der Waals surface area contributed by atoms with Gasteiger partial charge in [0, 0.05) is 121 Å². The molecule has 2 saturated heterocycles. The summed E-state index contributed by atoms with van der Waals surface area (Å²) in [5.41, 5.74) is 16.8. The lowest BCUT2D eigenvalue weighted by Crippen LogP contribution is -2.43. The summed E-state index contributed by atoms with van der Waals surface area (Å²) in [5, 5.41) is 24.2. The van der Waals surface area contributed by atoms with Crippen LogP contribution in [0.5, 0.6) is 0 Å². The first-order chi connectivity index (χ1) is 33.1. The molecule has 334 valence electrons. The molecule has 12 rings (SSSR count). The molecule has 2 fully saturated rings. The molecule has 0 radical (unpaired) electrons. The Bertz CT molecular complexity index is 3330. The lowest BCUT2D eigenvalue weighted by molar-refractivity contribution is 0.282. The van der Waals surface area contributed by atoms with Gasteiger partial charge in [0.15, 0.2) is 11.3 Å². The number of piperidine rings is 1. The second-order valence-electron chi connectivity index (χ2n) is 17.5. The first-order valence-electron chi connectivity index (χ1n) is 23.6. The average Bonchev–Trinajstić information content (AvgIpc) is 4.03. The number of aliphatic hydroxyl groups excluding tert-OH is 1. The molecular formula is C55H53N11O. The molecule has 12 nitrogen and oxygen atoms in total. The standard InChI is InChI=1S/C28H28N6.C27H25N5O/c1-2-3-20-4-9-25-24(10-11-30-27(25)16-20)26-18-32-34-19-22(17-31-28(26)34)21-5-7-23(8-6-21)33-14-12-29-13-15-33;33-18-19-4-9-24-23(10-11-28-26(24)14-19)25-16-30-32-17-21(15-29-27(25)32)20-5-7-22(8-6-20)31-12-2-1-3-13-31/h4-11,16-19,29H,2-3,12-15H2,1H3;4-11,14-17,33H,1-3,12-13,18H2. The molecule has 2 N–H and O–H groups in total. The van der Waals surface area contributed by atoms with E-state index in [0.29, 0.717) is 0 Å². The van der Waals surface area contributed by atoms with Crippen molar-refractivity contribution in [2.75, 3.05) is 49.1 Å². The van der Waals surface area contributed by atoms with E-state index >= 15 is 0 Å². The minimum atomic E-state index is 0.00189. The number of rotatable bonds is 9. The van der Waals surface area contributed by atoms with Crippen molar-refractivity contribution < 1.29 is 5.11 Å². The highest BCUT2D eigenvalue weighted by Gasteiger charge is 2.17. The highest BCUT2D eigenvalue weighted by Crippen LogP contribution is 2.34. The number of hydrogen-bond donors (Lipinski definition) is 2. The third-order valence-corrected chi connectivity index (χ3v) is 13.2. The van der Waals surface area contributed by atoms with E-state index in [4.69, 9.17) is 9.97 Å². The van der Waals surface area contributed by atoms with Crippen molar-refractivity contribution in [3.8, 4) is 44.5 Å². The number of anilines is 2. The second-order valence-corrected chi connectivity index (χ2v) is 17.5. The Balaban J connectivity index is 0.000000148. The van der Waals surface area contributed by atoms with Gasteiger partial charge in [-0.1, -0.05) is 61.9 Å². The van der Waals surface area contributed by atoms with E-state index in [2.05, 4.69) is 121 Å². The van der Waals surface area contributed by atoms with Crippen molar-refractivity contribution in [2.24, 2.45) is 0 Å². The smallest absolute Gasteiger partial charge is 0.162 e. The molecule has 8 heterocycles. The van der Waals surface area contributed by atoms with Crippen LogP contribution < -0.4 is 15.1 Å². The van der Waals surface area contributed by atoms with Gasteiger partial charge in [0.2, 0.25) is 0 Å². The van der Waals surface area contributed by atoms with E-state index in [1.165, 1.54) is 36.2 Å². The fourth-order valence-corrected chi connectivity index (χ4v) is 9.63. The highest BCUT2D eigenvalue weighted by molar-refractivity contribution is 5.99. The zero-order chi connectivity index (χ0) is 45.1. The zero-order valence-electron chi connectivity index (χ0n) is 37.8. The van der Waals surface area contributed by atoms with Crippen LogP contribution >= 0.6 is 0 Å². The molecule has 2 aliphatic heterocycles. The number of fused-ring (bicyclic) bond motifs is 4. The van der Waals surface area contributed by atoms with Crippen LogP contribution in [0.2, 0.25) is 0 Å². The lowest BCUT2D eigenvalue weighted by atomic mass is 10.0. The molecule has 0 amide bonds.